The van der Waals surface area contributed by atoms with Gasteiger partial charge in [-0.15, -0.1) is 0 Å². The molecule has 0 spiro atoms. The maximum atomic E-state index is 12.9. The van der Waals surface area contributed by atoms with E-state index in [1.54, 1.807) is 17.0 Å². The second kappa shape index (κ2) is 6.37. The largest absolute Gasteiger partial charge is 0.459 e. The molecule has 0 saturated carbocycles. The minimum absolute atomic E-state index is 0.00949. The minimum Gasteiger partial charge on any atom is -0.459 e. The number of hydrogen-bond acceptors (Lipinski definition) is 3. The number of aromatic nitrogens is 1. The van der Waals surface area contributed by atoms with E-state index in [1.165, 1.54) is 11.8 Å². The van der Waals surface area contributed by atoms with E-state index >= 15 is 0 Å². The minimum atomic E-state index is -0.123. The first kappa shape index (κ1) is 16.4. The van der Waals surface area contributed by atoms with Gasteiger partial charge >= 0.3 is 0 Å². The van der Waals surface area contributed by atoms with Crippen LogP contribution in [0, 0.1) is 13.8 Å². The van der Waals surface area contributed by atoms with Gasteiger partial charge in [-0.25, -0.2) is 0 Å². The van der Waals surface area contributed by atoms with Crippen molar-refractivity contribution < 1.29 is 14.0 Å². The first-order valence-electron chi connectivity index (χ1n) is 8.75. The maximum Gasteiger partial charge on any atom is 0.289 e. The van der Waals surface area contributed by atoms with Crippen LogP contribution in [0.2, 0.25) is 0 Å². The number of carbonyl (C=O) groups excluding carboxylic acids is 2. The molecule has 6 heteroatoms. The summed E-state index contributed by atoms with van der Waals surface area (Å²) in [6.45, 7) is 6.15. The number of nitrogens with zero attached hydrogens (tertiary/aromatic N) is 2. The van der Waals surface area contributed by atoms with Crippen LogP contribution in [0.5, 0.6) is 0 Å². The fourth-order valence-corrected chi connectivity index (χ4v) is 3.45. The lowest BCUT2D eigenvalue weighted by atomic mass is 10.1. The average molecular weight is 351 g/mol. The van der Waals surface area contributed by atoms with Crippen LogP contribution < -0.4 is 0 Å². The molecule has 1 aliphatic rings. The summed E-state index contributed by atoms with van der Waals surface area (Å²) in [5.74, 6) is 0.228. The molecule has 0 bridgehead atoms. The number of rotatable bonds is 2. The first-order chi connectivity index (χ1) is 12.5. The van der Waals surface area contributed by atoms with E-state index < -0.39 is 0 Å². The summed E-state index contributed by atoms with van der Waals surface area (Å²) in [5.41, 5.74) is 4.02. The van der Waals surface area contributed by atoms with Gasteiger partial charge in [0.25, 0.3) is 11.8 Å². The Kier molecular flexibility index (Phi) is 4.03. The third kappa shape index (κ3) is 2.77. The zero-order valence-corrected chi connectivity index (χ0v) is 14.9. The molecule has 0 radical (unpaired) electrons. The highest BCUT2D eigenvalue weighted by molar-refractivity contribution is 5.99. The number of fused-ring (bicyclic) bond motifs is 1. The zero-order chi connectivity index (χ0) is 18.3. The van der Waals surface area contributed by atoms with Crippen molar-refractivity contribution in [1.29, 1.82) is 0 Å². The van der Waals surface area contributed by atoms with E-state index in [4.69, 9.17) is 4.42 Å². The Morgan fingerprint density at radius 1 is 1.00 bits per heavy atom. The Hall–Kier alpha value is -3.02. The Morgan fingerprint density at radius 2 is 1.69 bits per heavy atom. The van der Waals surface area contributed by atoms with Crippen LogP contribution >= 0.6 is 0 Å². The number of piperazine rings is 1. The predicted molar refractivity (Wildman–Crippen MR) is 98.3 cm³/mol. The van der Waals surface area contributed by atoms with Crippen molar-refractivity contribution in [2.45, 2.75) is 13.8 Å². The van der Waals surface area contributed by atoms with Crippen LogP contribution in [-0.4, -0.2) is 52.8 Å². The van der Waals surface area contributed by atoms with Gasteiger partial charge in [0, 0.05) is 48.3 Å². The van der Waals surface area contributed by atoms with Crippen LogP contribution in [0.3, 0.4) is 0 Å². The van der Waals surface area contributed by atoms with Crippen molar-refractivity contribution in [2.24, 2.45) is 0 Å². The third-order valence-electron chi connectivity index (χ3n) is 5.14. The molecule has 1 N–H and O–H groups in total. The zero-order valence-electron chi connectivity index (χ0n) is 14.9. The fraction of sp³-hybridized carbons (Fsp3) is 0.300. The molecule has 0 unspecified atom stereocenters. The summed E-state index contributed by atoms with van der Waals surface area (Å²) >= 11 is 0. The number of H-pyrrole nitrogens is 1. The fourth-order valence-electron chi connectivity index (χ4n) is 3.45. The molecular formula is C20H21N3O3. The van der Waals surface area contributed by atoms with Crippen LogP contribution in [0.4, 0.5) is 0 Å². The van der Waals surface area contributed by atoms with Crippen molar-refractivity contribution in [3.63, 3.8) is 0 Å². The van der Waals surface area contributed by atoms with Gasteiger partial charge in [-0.1, -0.05) is 0 Å². The van der Waals surface area contributed by atoms with E-state index in [2.05, 4.69) is 11.9 Å². The molecule has 1 fully saturated rings. The summed E-state index contributed by atoms with van der Waals surface area (Å²) in [6.07, 6.45) is 1.49. The molecule has 3 heterocycles. The van der Waals surface area contributed by atoms with Crippen molar-refractivity contribution in [1.82, 2.24) is 14.8 Å². The molecule has 1 aliphatic heterocycles. The Labute approximate surface area is 151 Å². The van der Waals surface area contributed by atoms with Crippen molar-refractivity contribution in [3.05, 3.63) is 59.2 Å². The molecule has 0 atom stereocenters. The molecule has 1 aromatic carbocycles. The van der Waals surface area contributed by atoms with Crippen molar-refractivity contribution in [2.75, 3.05) is 26.2 Å². The van der Waals surface area contributed by atoms with Crippen molar-refractivity contribution >= 4 is 22.7 Å². The van der Waals surface area contributed by atoms with E-state index in [-0.39, 0.29) is 11.8 Å². The number of amides is 2. The SMILES string of the molecule is Cc1[nH]c2ccc(C(=O)N3CCN(C(=O)c4ccco4)CC3)cc2c1C. The standard InChI is InChI=1S/C20H21N3O3/c1-13-14(2)21-17-6-5-15(12-16(13)17)19(24)22-7-9-23(10-8-22)20(25)18-4-3-11-26-18/h3-6,11-12,21H,7-10H2,1-2H3. The lowest BCUT2D eigenvalue weighted by molar-refractivity contribution is 0.0518. The highest BCUT2D eigenvalue weighted by Gasteiger charge is 2.26. The van der Waals surface area contributed by atoms with Gasteiger partial charge in [-0.3, -0.25) is 9.59 Å². The van der Waals surface area contributed by atoms with Crippen LogP contribution in [-0.2, 0) is 0 Å². The second-order valence-electron chi connectivity index (χ2n) is 6.70. The number of hydrogen-bond donors (Lipinski definition) is 1. The average Bonchev–Trinajstić information content (AvgIpc) is 3.30. The molecule has 4 rings (SSSR count). The molecule has 1 saturated heterocycles. The maximum absolute atomic E-state index is 12.9. The van der Waals surface area contributed by atoms with Gasteiger partial charge < -0.3 is 19.2 Å². The van der Waals surface area contributed by atoms with Crippen LogP contribution in [0.25, 0.3) is 10.9 Å². The third-order valence-corrected chi connectivity index (χ3v) is 5.14. The number of nitrogens with one attached hydrogen (secondary N) is 1. The smallest absolute Gasteiger partial charge is 0.289 e. The molecule has 2 aromatic heterocycles. The Morgan fingerprint density at radius 3 is 2.35 bits per heavy atom. The van der Waals surface area contributed by atoms with Gasteiger partial charge in [-0.2, -0.15) is 0 Å². The first-order valence-corrected chi connectivity index (χ1v) is 8.75. The molecule has 0 aliphatic carbocycles. The topological polar surface area (TPSA) is 69.6 Å². The Balaban J connectivity index is 1.47. The Bertz CT molecular complexity index is 964. The van der Waals surface area contributed by atoms with Gasteiger partial charge in [0.2, 0.25) is 0 Å². The monoisotopic (exact) mass is 351 g/mol. The summed E-state index contributed by atoms with van der Waals surface area (Å²) in [5, 5.41) is 1.08. The summed E-state index contributed by atoms with van der Waals surface area (Å²) in [6, 6.07) is 9.14. The van der Waals surface area contributed by atoms with Crippen molar-refractivity contribution in [3.8, 4) is 0 Å². The second-order valence-corrected chi connectivity index (χ2v) is 6.70. The van der Waals surface area contributed by atoms with Gasteiger partial charge in [-0.05, 0) is 49.7 Å². The van der Waals surface area contributed by atoms with E-state index in [9.17, 15) is 9.59 Å². The van der Waals surface area contributed by atoms with Crippen LogP contribution in [0.15, 0.2) is 41.0 Å². The molecule has 134 valence electrons. The molecule has 3 aromatic rings. The number of benzene rings is 1. The summed E-state index contributed by atoms with van der Waals surface area (Å²) in [7, 11) is 0. The lowest BCUT2D eigenvalue weighted by Crippen LogP contribution is -2.50. The number of furan rings is 1. The molecule has 2 amide bonds. The highest BCUT2D eigenvalue weighted by Crippen LogP contribution is 2.23. The predicted octanol–water partition coefficient (Wildman–Crippen LogP) is 2.98. The number of aryl methyl sites for hydroxylation is 2. The summed E-state index contributed by atoms with van der Waals surface area (Å²) in [4.78, 5) is 32.0. The number of carbonyl (C=O) groups is 2. The van der Waals surface area contributed by atoms with Crippen LogP contribution in [0.1, 0.15) is 32.2 Å². The number of aromatic amines is 1. The normalized spacial score (nSPS) is 14.8. The molecule has 26 heavy (non-hydrogen) atoms. The van der Waals surface area contributed by atoms with Gasteiger partial charge in [0.05, 0.1) is 6.26 Å². The van der Waals surface area contributed by atoms with Gasteiger partial charge in [0.1, 0.15) is 0 Å². The molecule has 6 nitrogen and oxygen atoms in total. The van der Waals surface area contributed by atoms with E-state index in [0.717, 1.165) is 16.6 Å². The van der Waals surface area contributed by atoms with Gasteiger partial charge in [0.15, 0.2) is 5.76 Å². The summed E-state index contributed by atoms with van der Waals surface area (Å²) < 4.78 is 5.17. The van der Waals surface area contributed by atoms with E-state index in [0.29, 0.717) is 37.5 Å². The quantitative estimate of drug-likeness (QED) is 0.772. The lowest BCUT2D eigenvalue weighted by Gasteiger charge is -2.34. The van der Waals surface area contributed by atoms with E-state index in [1.807, 2.05) is 30.0 Å². The highest BCUT2D eigenvalue weighted by atomic mass is 16.3. The molecular weight excluding hydrogens is 330 g/mol.